The number of benzene rings is 2. The van der Waals surface area contributed by atoms with Gasteiger partial charge in [0, 0.05) is 23.3 Å². The van der Waals surface area contributed by atoms with Crippen molar-refractivity contribution in [2.45, 2.75) is 33.6 Å². The van der Waals surface area contributed by atoms with Gasteiger partial charge >= 0.3 is 129 Å². The fourth-order valence-corrected chi connectivity index (χ4v) is 6.20. The van der Waals surface area contributed by atoms with Gasteiger partial charge in [-0.15, -0.1) is 0 Å². The molecule has 4 aromatic rings. The SMILES string of the molecule is CC1=C[I-]C=C(CCCNC(=O)c2ccc(NC(=O)c3cc(-c4cccnc4)nc4c(C)cc(C)cc34)cc2)O1. The molecule has 2 N–H and O–H groups in total. The van der Waals surface area contributed by atoms with Crippen LogP contribution >= 0.6 is 0 Å². The Kier molecular flexibility index (Phi) is 8.54. The van der Waals surface area contributed by atoms with Gasteiger partial charge in [0.2, 0.25) is 0 Å². The van der Waals surface area contributed by atoms with E-state index in [1.165, 1.54) is 0 Å². The third-order valence-corrected chi connectivity index (χ3v) is 8.73. The van der Waals surface area contributed by atoms with Crippen LogP contribution in [0.1, 0.15) is 51.6 Å². The summed E-state index contributed by atoms with van der Waals surface area (Å²) in [5, 5.41) is 6.74. The van der Waals surface area contributed by atoms with E-state index < -0.39 is 0 Å². The number of ether oxygens (including phenoxy) is 1. The summed E-state index contributed by atoms with van der Waals surface area (Å²) < 4.78 is 10.0. The summed E-state index contributed by atoms with van der Waals surface area (Å²) in [5.41, 5.74) is 6.03. The number of nitrogens with one attached hydrogen (secondary N) is 2. The topological polar surface area (TPSA) is 93.2 Å². The van der Waals surface area contributed by atoms with Crippen LogP contribution in [0, 0.1) is 13.8 Å². The zero-order valence-corrected chi connectivity index (χ0v) is 24.8. The molecule has 1 aliphatic rings. The van der Waals surface area contributed by atoms with Gasteiger partial charge < -0.3 is 0 Å². The molecule has 7 nitrogen and oxygen atoms in total. The minimum atomic E-state index is -0.244. The van der Waals surface area contributed by atoms with Crippen molar-refractivity contribution >= 4 is 28.4 Å². The van der Waals surface area contributed by atoms with Gasteiger partial charge in [0.1, 0.15) is 0 Å². The first-order valence-electron chi connectivity index (χ1n) is 13.0. The average molecular weight is 646 g/mol. The predicted molar refractivity (Wildman–Crippen MR) is 153 cm³/mol. The Hall–Kier alpha value is -4.05. The van der Waals surface area contributed by atoms with E-state index >= 15 is 0 Å². The average Bonchev–Trinajstić information content (AvgIpc) is 2.95. The van der Waals surface area contributed by atoms with E-state index in [-0.39, 0.29) is 33.0 Å². The molecule has 3 heterocycles. The second-order valence-electron chi connectivity index (χ2n) is 9.69. The third-order valence-electron chi connectivity index (χ3n) is 6.43. The van der Waals surface area contributed by atoms with Gasteiger partial charge in [-0.2, -0.15) is 0 Å². The van der Waals surface area contributed by atoms with Gasteiger partial charge in [-0.3, -0.25) is 9.78 Å². The van der Waals surface area contributed by atoms with E-state index in [1.807, 2.05) is 45.0 Å². The molecule has 0 radical (unpaired) electrons. The number of aromatic nitrogens is 2. The zero-order valence-electron chi connectivity index (χ0n) is 22.6. The van der Waals surface area contributed by atoms with Gasteiger partial charge in [0.05, 0.1) is 16.8 Å². The summed E-state index contributed by atoms with van der Waals surface area (Å²) in [4.78, 5) is 35.2. The van der Waals surface area contributed by atoms with Crippen LogP contribution in [-0.2, 0) is 4.74 Å². The van der Waals surface area contributed by atoms with Gasteiger partial charge in [0.15, 0.2) is 0 Å². The van der Waals surface area contributed by atoms with Crippen LogP contribution < -0.4 is 31.8 Å². The molecular formula is C32H30IN4O3-. The predicted octanol–water partition coefficient (Wildman–Crippen LogP) is 3.50. The fraction of sp³-hybridized carbons (Fsp3) is 0.188. The van der Waals surface area contributed by atoms with Gasteiger partial charge in [-0.1, -0.05) is 11.6 Å². The number of fused-ring (bicyclic) bond motifs is 1. The van der Waals surface area contributed by atoms with Gasteiger partial charge in [-0.25, -0.2) is 4.98 Å². The van der Waals surface area contributed by atoms with Crippen molar-refractivity contribution in [3.8, 4) is 11.3 Å². The van der Waals surface area contributed by atoms with Crippen LogP contribution in [-0.4, -0.2) is 28.3 Å². The number of anilines is 1. The minimum absolute atomic E-state index is 0.0598. The number of hydrogen-bond donors (Lipinski definition) is 2. The molecule has 2 aromatic heterocycles. The summed E-state index contributed by atoms with van der Waals surface area (Å²) in [7, 11) is 0. The number of hydrogen-bond acceptors (Lipinski definition) is 5. The monoisotopic (exact) mass is 645 g/mol. The van der Waals surface area contributed by atoms with Crippen molar-refractivity contribution in [3.63, 3.8) is 0 Å². The fourth-order valence-electron chi connectivity index (χ4n) is 4.55. The number of halogens is 1. The Morgan fingerprint density at radius 1 is 0.975 bits per heavy atom. The summed E-state index contributed by atoms with van der Waals surface area (Å²) >= 11 is -0.0598. The van der Waals surface area contributed by atoms with Crippen LogP contribution in [0.2, 0.25) is 0 Å². The molecule has 0 saturated heterocycles. The van der Waals surface area contributed by atoms with Crippen molar-refractivity contribution in [2.75, 3.05) is 11.9 Å². The summed E-state index contributed by atoms with van der Waals surface area (Å²) in [6, 6.07) is 16.6. The quantitative estimate of drug-likeness (QED) is 0.226. The van der Waals surface area contributed by atoms with Crippen molar-refractivity contribution in [1.82, 2.24) is 15.3 Å². The van der Waals surface area contributed by atoms with E-state index in [4.69, 9.17) is 9.72 Å². The Morgan fingerprint density at radius 2 is 1.80 bits per heavy atom. The molecule has 2 aromatic carbocycles. The number of rotatable bonds is 8. The third kappa shape index (κ3) is 6.56. The summed E-state index contributed by atoms with van der Waals surface area (Å²) in [6.45, 7) is 6.54. The second-order valence-corrected chi connectivity index (χ2v) is 11.7. The summed E-state index contributed by atoms with van der Waals surface area (Å²) in [6.07, 6.45) is 5.06. The first kappa shape index (κ1) is 27.5. The van der Waals surface area contributed by atoms with Crippen molar-refractivity contribution in [2.24, 2.45) is 0 Å². The van der Waals surface area contributed by atoms with E-state index in [9.17, 15) is 9.59 Å². The molecule has 0 fully saturated rings. The molecule has 5 rings (SSSR count). The van der Waals surface area contributed by atoms with Crippen molar-refractivity contribution < 1.29 is 35.5 Å². The molecule has 0 atom stereocenters. The first-order chi connectivity index (χ1) is 19.4. The molecule has 0 spiro atoms. The number of carbonyl (C=O) groups excluding carboxylic acids is 2. The number of carbonyl (C=O) groups is 2. The van der Waals surface area contributed by atoms with Gasteiger partial charge in [-0.05, 0) is 43.7 Å². The number of allylic oxidation sites excluding steroid dienone is 2. The number of pyridine rings is 2. The summed E-state index contributed by atoms with van der Waals surface area (Å²) in [5.74, 6) is 1.58. The van der Waals surface area contributed by atoms with E-state index in [0.29, 0.717) is 29.1 Å². The van der Waals surface area contributed by atoms with Crippen molar-refractivity contribution in [1.29, 1.82) is 0 Å². The Labute approximate surface area is 244 Å². The van der Waals surface area contributed by atoms with E-state index in [1.54, 1.807) is 36.7 Å². The molecule has 0 bridgehead atoms. The maximum absolute atomic E-state index is 13.5. The van der Waals surface area contributed by atoms with E-state index in [2.05, 4.69) is 29.8 Å². The van der Waals surface area contributed by atoms with Crippen LogP contribution in [0.25, 0.3) is 22.2 Å². The second kappa shape index (κ2) is 12.4. The molecule has 8 heteroatoms. The zero-order chi connectivity index (χ0) is 28.1. The number of amides is 2. The van der Waals surface area contributed by atoms with Crippen LogP contribution in [0.3, 0.4) is 0 Å². The Bertz CT molecular complexity index is 1630. The maximum atomic E-state index is 13.5. The molecule has 1 aliphatic heterocycles. The van der Waals surface area contributed by atoms with Gasteiger partial charge in [0.25, 0.3) is 5.91 Å². The van der Waals surface area contributed by atoms with Crippen LogP contribution in [0.15, 0.2) is 86.7 Å². The molecule has 0 aliphatic carbocycles. The van der Waals surface area contributed by atoms with Crippen LogP contribution in [0.4, 0.5) is 5.69 Å². The normalized spacial score (nSPS) is 13.0. The van der Waals surface area contributed by atoms with E-state index in [0.717, 1.165) is 52.0 Å². The standard InChI is InChI=1S/C32H30IN4O3/c1-20-14-21(2)30-27(15-20)28(16-29(37-30)24-6-4-12-34-19-24)32(39)36-25-10-8-23(9-11-25)31(38)35-13-5-7-26-18-33-17-22(3)40-26/h4,6,8-12,14-19H,5,7,13H2,1-3H3,(H,35,38)(H,36,39)/q-1. The number of nitrogens with zero attached hydrogens (tertiary/aromatic N) is 2. The Balaban J connectivity index is 1.27. The molecule has 204 valence electrons. The molecular weight excluding hydrogens is 615 g/mol. The first-order valence-corrected chi connectivity index (χ1v) is 15.5. The van der Waals surface area contributed by atoms with Crippen molar-refractivity contribution in [3.05, 3.63) is 109 Å². The van der Waals surface area contributed by atoms with Crippen LogP contribution in [0.5, 0.6) is 0 Å². The molecule has 0 saturated carbocycles. The Morgan fingerprint density at radius 3 is 2.55 bits per heavy atom. The molecule has 40 heavy (non-hydrogen) atoms. The molecule has 2 amide bonds. The molecule has 0 unspecified atom stereocenters. The number of aryl methyl sites for hydroxylation is 2.